The summed E-state index contributed by atoms with van der Waals surface area (Å²) in [5, 5.41) is 14.7. The molecule has 0 bridgehead atoms. The molecule has 2 fully saturated rings. The van der Waals surface area contributed by atoms with Crippen molar-refractivity contribution >= 4 is 5.82 Å². The molecule has 4 nitrogen and oxygen atoms in total. The van der Waals surface area contributed by atoms with Crippen LogP contribution in [0, 0.1) is 11.6 Å². The fraction of sp³-hybridized carbons (Fsp3) is 0.550. The summed E-state index contributed by atoms with van der Waals surface area (Å²) >= 11 is 0. The van der Waals surface area contributed by atoms with Gasteiger partial charge in [-0.15, -0.1) is 0 Å². The van der Waals surface area contributed by atoms with Gasteiger partial charge in [0.15, 0.2) is 0 Å². The van der Waals surface area contributed by atoms with Gasteiger partial charge in [-0.1, -0.05) is 0 Å². The van der Waals surface area contributed by atoms with Crippen LogP contribution in [-0.4, -0.2) is 27.0 Å². The molecule has 1 aromatic heterocycles. The lowest BCUT2D eigenvalue weighted by Gasteiger charge is -2.35. The molecule has 4 rings (SSSR count). The standard InChI is InChI=1S/C20H25F2N3O/c1-20(26)9-6-15(7-10-20)25-19(8-11-23-25)24-12-2-3-18(24)16-13-14(21)4-5-17(16)22/h4-5,8,11,13,15,18,26H,2-3,6-7,9-10,12H2,1H3/t15?,18-,20?/m1/s1. The average molecular weight is 361 g/mol. The predicted octanol–water partition coefficient (Wildman–Crippen LogP) is 4.37. The third-order valence-electron chi connectivity index (χ3n) is 5.89. The number of nitrogens with zero attached hydrogens (tertiary/aromatic N) is 3. The molecule has 6 heteroatoms. The molecule has 2 aromatic rings. The third-order valence-corrected chi connectivity index (χ3v) is 5.89. The van der Waals surface area contributed by atoms with Crippen molar-refractivity contribution in [2.75, 3.05) is 11.4 Å². The Bertz CT molecular complexity index is 779. The Morgan fingerprint density at radius 3 is 2.69 bits per heavy atom. The number of halogens is 2. The van der Waals surface area contributed by atoms with Crippen molar-refractivity contribution in [3.63, 3.8) is 0 Å². The Balaban J connectivity index is 1.62. The zero-order valence-electron chi connectivity index (χ0n) is 15.0. The topological polar surface area (TPSA) is 41.3 Å². The van der Waals surface area contributed by atoms with Crippen LogP contribution in [0.2, 0.25) is 0 Å². The second-order valence-electron chi connectivity index (χ2n) is 7.88. The van der Waals surface area contributed by atoms with Gasteiger partial charge in [0.1, 0.15) is 17.5 Å². The van der Waals surface area contributed by atoms with Crippen molar-refractivity contribution in [3.05, 3.63) is 47.7 Å². The molecule has 140 valence electrons. The van der Waals surface area contributed by atoms with Gasteiger partial charge in [0.05, 0.1) is 23.9 Å². The van der Waals surface area contributed by atoms with Gasteiger partial charge in [-0.3, -0.25) is 0 Å². The molecule has 1 aliphatic carbocycles. The molecule has 2 aliphatic rings. The van der Waals surface area contributed by atoms with Crippen molar-refractivity contribution < 1.29 is 13.9 Å². The summed E-state index contributed by atoms with van der Waals surface area (Å²) in [4.78, 5) is 2.15. The predicted molar refractivity (Wildman–Crippen MR) is 96.0 cm³/mol. The summed E-state index contributed by atoms with van der Waals surface area (Å²) < 4.78 is 30.0. The summed E-state index contributed by atoms with van der Waals surface area (Å²) in [5.41, 5.74) is -0.174. The number of hydrogen-bond donors (Lipinski definition) is 1. The summed E-state index contributed by atoms with van der Waals surface area (Å²) in [6, 6.07) is 5.71. The highest BCUT2D eigenvalue weighted by atomic mass is 19.1. The molecule has 2 heterocycles. The van der Waals surface area contributed by atoms with Crippen LogP contribution < -0.4 is 4.90 Å². The van der Waals surface area contributed by atoms with E-state index in [4.69, 9.17) is 0 Å². The highest BCUT2D eigenvalue weighted by Gasteiger charge is 2.34. The van der Waals surface area contributed by atoms with Crippen LogP contribution in [0.1, 0.15) is 63.1 Å². The van der Waals surface area contributed by atoms with Crippen LogP contribution in [0.15, 0.2) is 30.5 Å². The van der Waals surface area contributed by atoms with E-state index in [9.17, 15) is 13.9 Å². The Hall–Kier alpha value is -1.95. The van der Waals surface area contributed by atoms with E-state index in [0.717, 1.165) is 57.0 Å². The smallest absolute Gasteiger partial charge is 0.128 e. The minimum atomic E-state index is -0.593. The second-order valence-corrected chi connectivity index (χ2v) is 7.88. The quantitative estimate of drug-likeness (QED) is 0.883. The minimum Gasteiger partial charge on any atom is -0.390 e. The van der Waals surface area contributed by atoms with Crippen LogP contribution in [0.3, 0.4) is 0 Å². The Labute approximate surface area is 152 Å². The SMILES string of the molecule is CC1(O)CCC(n2nccc2N2CCC[C@@H]2c2cc(F)ccc2F)CC1. The van der Waals surface area contributed by atoms with Gasteiger partial charge in [0, 0.05) is 18.2 Å². The maximum absolute atomic E-state index is 14.3. The second kappa shape index (κ2) is 6.65. The number of aromatic nitrogens is 2. The van der Waals surface area contributed by atoms with Gasteiger partial charge in [-0.2, -0.15) is 5.10 Å². The zero-order valence-corrected chi connectivity index (χ0v) is 15.0. The van der Waals surface area contributed by atoms with Crippen LogP contribution in [0.25, 0.3) is 0 Å². The van der Waals surface area contributed by atoms with E-state index in [1.54, 1.807) is 6.20 Å². The van der Waals surface area contributed by atoms with Gasteiger partial charge in [-0.25, -0.2) is 13.5 Å². The van der Waals surface area contributed by atoms with Crippen LogP contribution in [-0.2, 0) is 0 Å². The van der Waals surface area contributed by atoms with E-state index in [1.807, 2.05) is 17.7 Å². The van der Waals surface area contributed by atoms with Gasteiger partial charge < -0.3 is 10.0 Å². The fourth-order valence-electron chi connectivity index (χ4n) is 4.42. The molecule has 26 heavy (non-hydrogen) atoms. The summed E-state index contributed by atoms with van der Waals surface area (Å²) in [6.45, 7) is 2.69. The average Bonchev–Trinajstić information content (AvgIpc) is 3.25. The van der Waals surface area contributed by atoms with Gasteiger partial charge >= 0.3 is 0 Å². The van der Waals surface area contributed by atoms with E-state index in [-0.39, 0.29) is 17.9 Å². The van der Waals surface area contributed by atoms with E-state index < -0.39 is 11.4 Å². The van der Waals surface area contributed by atoms with Crippen molar-refractivity contribution in [3.8, 4) is 0 Å². The first kappa shape index (κ1) is 17.5. The fourth-order valence-corrected chi connectivity index (χ4v) is 4.42. The van der Waals surface area contributed by atoms with Crippen molar-refractivity contribution in [2.24, 2.45) is 0 Å². The number of aliphatic hydroxyl groups is 1. The van der Waals surface area contributed by atoms with E-state index in [0.29, 0.717) is 5.56 Å². The summed E-state index contributed by atoms with van der Waals surface area (Å²) in [7, 11) is 0. The van der Waals surface area contributed by atoms with Crippen LogP contribution in [0.5, 0.6) is 0 Å². The maximum atomic E-state index is 14.3. The van der Waals surface area contributed by atoms with E-state index in [1.165, 1.54) is 12.1 Å². The highest BCUT2D eigenvalue weighted by molar-refractivity contribution is 5.45. The number of anilines is 1. The molecule has 0 unspecified atom stereocenters. The minimum absolute atomic E-state index is 0.173. The largest absolute Gasteiger partial charge is 0.390 e. The normalized spacial score (nSPS) is 29.3. The van der Waals surface area contributed by atoms with Crippen molar-refractivity contribution in [1.82, 2.24) is 9.78 Å². The first-order chi connectivity index (χ1) is 12.4. The molecule has 1 saturated heterocycles. The molecular weight excluding hydrogens is 336 g/mol. The van der Waals surface area contributed by atoms with Gasteiger partial charge in [0.2, 0.25) is 0 Å². The van der Waals surface area contributed by atoms with Gasteiger partial charge in [0.25, 0.3) is 0 Å². The number of rotatable bonds is 3. The third kappa shape index (κ3) is 3.22. The number of benzene rings is 1. The van der Waals surface area contributed by atoms with Crippen LogP contribution in [0.4, 0.5) is 14.6 Å². The molecule has 0 radical (unpaired) electrons. The summed E-state index contributed by atoms with van der Waals surface area (Å²) in [6.07, 6.45) is 6.75. The van der Waals surface area contributed by atoms with E-state index in [2.05, 4.69) is 10.00 Å². The molecule has 0 spiro atoms. The lowest BCUT2D eigenvalue weighted by molar-refractivity contribution is 0.00866. The Morgan fingerprint density at radius 2 is 1.92 bits per heavy atom. The van der Waals surface area contributed by atoms with E-state index >= 15 is 0 Å². The molecule has 1 atom stereocenters. The molecule has 1 saturated carbocycles. The Kier molecular flexibility index (Phi) is 4.47. The molecule has 1 aliphatic heterocycles. The molecule has 1 aromatic carbocycles. The number of hydrogen-bond acceptors (Lipinski definition) is 3. The monoisotopic (exact) mass is 361 g/mol. The lowest BCUT2D eigenvalue weighted by atomic mass is 9.84. The molecule has 0 amide bonds. The van der Waals surface area contributed by atoms with Crippen molar-refractivity contribution in [2.45, 2.75) is 63.1 Å². The first-order valence-electron chi connectivity index (χ1n) is 9.42. The maximum Gasteiger partial charge on any atom is 0.128 e. The first-order valence-corrected chi connectivity index (χ1v) is 9.42. The summed E-state index contributed by atoms with van der Waals surface area (Å²) in [5.74, 6) is 0.196. The van der Waals surface area contributed by atoms with Gasteiger partial charge in [-0.05, 0) is 63.6 Å². The van der Waals surface area contributed by atoms with Crippen LogP contribution >= 0.6 is 0 Å². The molecule has 1 N–H and O–H groups in total. The lowest BCUT2D eigenvalue weighted by Crippen LogP contribution is -2.33. The molecular formula is C20H25F2N3O. The zero-order chi connectivity index (χ0) is 18.3. The van der Waals surface area contributed by atoms with Crippen molar-refractivity contribution in [1.29, 1.82) is 0 Å². The Morgan fingerprint density at radius 1 is 1.15 bits per heavy atom. The highest BCUT2D eigenvalue weighted by Crippen LogP contribution is 2.41.